The monoisotopic (exact) mass is 675 g/mol. The van der Waals surface area contributed by atoms with Crippen molar-refractivity contribution in [2.45, 2.75) is 50.6 Å². The zero-order chi connectivity index (χ0) is 31.5. The Kier molecular flexibility index (Phi) is 11.7. The minimum absolute atomic E-state index is 0.0688. The first-order chi connectivity index (χ1) is 21.2. The summed E-state index contributed by atoms with van der Waals surface area (Å²) in [5.41, 5.74) is 3.08. The third-order valence-corrected chi connectivity index (χ3v) is 9.74. The molecule has 0 aliphatic heterocycles. The number of hydrogen-bond donors (Lipinski definition) is 1. The van der Waals surface area contributed by atoms with Crippen LogP contribution in [0.15, 0.2) is 119 Å². The van der Waals surface area contributed by atoms with Gasteiger partial charge in [0.1, 0.15) is 12.6 Å². The van der Waals surface area contributed by atoms with Gasteiger partial charge in [-0.05, 0) is 66.4 Å². The van der Waals surface area contributed by atoms with Gasteiger partial charge in [-0.25, -0.2) is 8.42 Å². The number of hydrogen-bond acceptors (Lipinski definition) is 4. The molecule has 1 N–H and O–H groups in total. The Bertz CT molecular complexity index is 1630. The quantitative estimate of drug-likeness (QED) is 0.154. The SMILES string of the molecule is CCCCNC(=O)C(Cc1ccccc1)N(Cc1ccccc1C)C(=O)CN(c1ccc(Br)cc1)S(=O)(=O)c1ccccc1. The van der Waals surface area contributed by atoms with Crippen molar-refractivity contribution in [2.75, 3.05) is 17.4 Å². The molecule has 4 aromatic rings. The Hall–Kier alpha value is -3.95. The van der Waals surface area contributed by atoms with Gasteiger partial charge in [-0.2, -0.15) is 0 Å². The van der Waals surface area contributed by atoms with Crippen LogP contribution in [0.5, 0.6) is 0 Å². The average molecular weight is 677 g/mol. The van der Waals surface area contributed by atoms with Crippen molar-refractivity contribution in [3.05, 3.63) is 130 Å². The summed E-state index contributed by atoms with van der Waals surface area (Å²) in [6.45, 7) is 4.15. The van der Waals surface area contributed by atoms with Gasteiger partial charge in [0.15, 0.2) is 0 Å². The molecule has 0 bridgehead atoms. The molecule has 0 aliphatic rings. The third kappa shape index (κ3) is 8.57. The fourth-order valence-electron chi connectivity index (χ4n) is 4.89. The van der Waals surface area contributed by atoms with E-state index in [1.807, 2.05) is 68.4 Å². The van der Waals surface area contributed by atoms with E-state index in [-0.39, 0.29) is 23.8 Å². The predicted molar refractivity (Wildman–Crippen MR) is 179 cm³/mol. The maximum Gasteiger partial charge on any atom is 0.264 e. The van der Waals surface area contributed by atoms with Crippen LogP contribution in [0.4, 0.5) is 5.69 Å². The van der Waals surface area contributed by atoms with E-state index in [0.717, 1.165) is 38.3 Å². The fourth-order valence-corrected chi connectivity index (χ4v) is 6.59. The Labute approximate surface area is 269 Å². The van der Waals surface area contributed by atoms with Crippen molar-refractivity contribution >= 4 is 43.5 Å². The highest BCUT2D eigenvalue weighted by Gasteiger charge is 2.34. The summed E-state index contributed by atoms with van der Waals surface area (Å²) in [7, 11) is -4.13. The highest BCUT2D eigenvalue weighted by Crippen LogP contribution is 2.26. The number of aryl methyl sites for hydroxylation is 1. The van der Waals surface area contributed by atoms with Crippen LogP contribution in [0.25, 0.3) is 0 Å². The maximum absolute atomic E-state index is 14.5. The van der Waals surface area contributed by atoms with Crippen LogP contribution in [-0.4, -0.2) is 44.3 Å². The molecular formula is C35H38BrN3O4S. The van der Waals surface area contributed by atoms with Gasteiger partial charge in [0.25, 0.3) is 10.0 Å². The zero-order valence-electron chi connectivity index (χ0n) is 25.0. The second kappa shape index (κ2) is 15.7. The molecule has 0 saturated heterocycles. The second-order valence-corrected chi connectivity index (χ2v) is 13.4. The van der Waals surface area contributed by atoms with Gasteiger partial charge in [-0.3, -0.25) is 13.9 Å². The Morgan fingerprint density at radius 2 is 1.45 bits per heavy atom. The molecule has 0 saturated carbocycles. The molecule has 7 nitrogen and oxygen atoms in total. The molecule has 1 atom stereocenters. The molecule has 1 unspecified atom stereocenters. The number of anilines is 1. The van der Waals surface area contributed by atoms with E-state index in [1.165, 1.54) is 17.0 Å². The van der Waals surface area contributed by atoms with Crippen molar-refractivity contribution in [1.82, 2.24) is 10.2 Å². The van der Waals surface area contributed by atoms with Crippen molar-refractivity contribution < 1.29 is 18.0 Å². The van der Waals surface area contributed by atoms with Crippen molar-refractivity contribution in [3.63, 3.8) is 0 Å². The lowest BCUT2D eigenvalue weighted by Gasteiger charge is -2.34. The van der Waals surface area contributed by atoms with E-state index in [0.29, 0.717) is 12.2 Å². The molecule has 0 aromatic heterocycles. The number of benzene rings is 4. The summed E-state index contributed by atoms with van der Waals surface area (Å²) in [5, 5.41) is 3.02. The lowest BCUT2D eigenvalue weighted by Crippen LogP contribution is -2.53. The summed E-state index contributed by atoms with van der Waals surface area (Å²) in [6, 6.07) is 31.2. The molecule has 0 aliphatic carbocycles. The number of nitrogens with one attached hydrogen (secondary N) is 1. The summed E-state index contributed by atoms with van der Waals surface area (Å²) in [6.07, 6.45) is 2.00. The molecule has 0 spiro atoms. The zero-order valence-corrected chi connectivity index (χ0v) is 27.4. The summed E-state index contributed by atoms with van der Waals surface area (Å²) in [4.78, 5) is 29.9. The van der Waals surface area contributed by atoms with Crippen LogP contribution in [0.3, 0.4) is 0 Å². The minimum atomic E-state index is -4.13. The van der Waals surface area contributed by atoms with E-state index in [2.05, 4.69) is 21.2 Å². The highest BCUT2D eigenvalue weighted by atomic mass is 79.9. The van der Waals surface area contributed by atoms with Gasteiger partial charge >= 0.3 is 0 Å². The Morgan fingerprint density at radius 1 is 0.841 bits per heavy atom. The van der Waals surface area contributed by atoms with Crippen LogP contribution in [0.2, 0.25) is 0 Å². The number of amides is 2. The molecule has 4 rings (SSSR count). The van der Waals surface area contributed by atoms with Gasteiger partial charge in [-0.15, -0.1) is 0 Å². The number of rotatable bonds is 14. The molecule has 44 heavy (non-hydrogen) atoms. The normalized spacial score (nSPS) is 11.9. The largest absolute Gasteiger partial charge is 0.354 e. The first-order valence-electron chi connectivity index (χ1n) is 14.7. The van der Waals surface area contributed by atoms with Crippen LogP contribution < -0.4 is 9.62 Å². The lowest BCUT2D eigenvalue weighted by molar-refractivity contribution is -0.140. The number of carbonyl (C=O) groups is 2. The van der Waals surface area contributed by atoms with Crippen molar-refractivity contribution in [3.8, 4) is 0 Å². The first-order valence-corrected chi connectivity index (χ1v) is 16.9. The molecule has 0 radical (unpaired) electrons. The van der Waals surface area contributed by atoms with Crippen LogP contribution in [-0.2, 0) is 32.6 Å². The third-order valence-electron chi connectivity index (χ3n) is 7.43. The molecule has 9 heteroatoms. The topological polar surface area (TPSA) is 86.8 Å². The van der Waals surface area contributed by atoms with Crippen LogP contribution in [0, 0.1) is 6.92 Å². The number of nitrogens with zero attached hydrogens (tertiary/aromatic N) is 2. The van der Waals surface area contributed by atoms with Gasteiger partial charge < -0.3 is 10.2 Å². The molecule has 4 aromatic carbocycles. The summed E-state index contributed by atoms with van der Waals surface area (Å²) < 4.78 is 29.9. The molecule has 230 valence electrons. The van der Waals surface area contributed by atoms with Crippen LogP contribution in [0.1, 0.15) is 36.5 Å². The highest BCUT2D eigenvalue weighted by molar-refractivity contribution is 9.10. The number of unbranched alkanes of at least 4 members (excludes halogenated alkanes) is 1. The number of halogens is 1. The maximum atomic E-state index is 14.5. The van der Waals surface area contributed by atoms with Gasteiger partial charge in [0.05, 0.1) is 10.6 Å². The lowest BCUT2D eigenvalue weighted by atomic mass is 10.0. The van der Waals surface area contributed by atoms with Gasteiger partial charge in [0.2, 0.25) is 11.8 Å². The molecule has 2 amide bonds. The minimum Gasteiger partial charge on any atom is -0.354 e. The van der Waals surface area contributed by atoms with E-state index in [1.54, 1.807) is 42.5 Å². The molecule has 0 heterocycles. The summed E-state index contributed by atoms with van der Waals surface area (Å²) in [5.74, 6) is -0.757. The average Bonchev–Trinajstić information content (AvgIpc) is 3.03. The smallest absolute Gasteiger partial charge is 0.264 e. The number of carbonyl (C=O) groups excluding carboxylic acids is 2. The van der Waals surface area contributed by atoms with Crippen molar-refractivity contribution in [2.24, 2.45) is 0 Å². The van der Waals surface area contributed by atoms with Crippen molar-refractivity contribution in [1.29, 1.82) is 0 Å². The van der Waals surface area contributed by atoms with Gasteiger partial charge in [-0.1, -0.05) is 102 Å². The van der Waals surface area contributed by atoms with E-state index >= 15 is 0 Å². The molecule has 0 fully saturated rings. The Morgan fingerprint density at radius 3 is 2.09 bits per heavy atom. The van der Waals surface area contributed by atoms with Gasteiger partial charge in [0, 0.05) is 24.0 Å². The fraction of sp³-hybridized carbons (Fsp3) is 0.257. The van der Waals surface area contributed by atoms with E-state index in [4.69, 9.17) is 0 Å². The van der Waals surface area contributed by atoms with E-state index < -0.39 is 28.5 Å². The predicted octanol–water partition coefficient (Wildman–Crippen LogP) is 6.51. The Balaban J connectivity index is 1.78. The number of sulfonamides is 1. The summed E-state index contributed by atoms with van der Waals surface area (Å²) >= 11 is 3.41. The van der Waals surface area contributed by atoms with Crippen LogP contribution >= 0.6 is 15.9 Å². The van der Waals surface area contributed by atoms with E-state index in [9.17, 15) is 18.0 Å². The second-order valence-electron chi connectivity index (χ2n) is 10.6. The molecular weight excluding hydrogens is 638 g/mol. The first kappa shape index (κ1) is 33.0. The standard InChI is InChI=1S/C35H38BrN3O4S/c1-3-4-23-37-35(41)33(24-28-14-7-5-8-15-28)38(25-29-16-12-11-13-27(29)2)34(40)26-39(31-21-19-30(36)20-22-31)44(42,43)32-17-9-6-10-18-32/h5-22,33H,3-4,23-26H2,1-2H3,(H,37,41).